The molecule has 12 nitrogen and oxygen atoms in total. The van der Waals surface area contributed by atoms with Crippen molar-refractivity contribution in [1.82, 2.24) is 14.5 Å². The van der Waals surface area contributed by atoms with Gasteiger partial charge < -0.3 is 19.9 Å². The topological polar surface area (TPSA) is 137 Å². The number of aryl methyl sites for hydroxylation is 1. The molecule has 5 aromatic rings. The summed E-state index contributed by atoms with van der Waals surface area (Å²) in [6.07, 6.45) is 4.74. The molecule has 0 spiro atoms. The fourth-order valence-corrected chi connectivity index (χ4v) is 11.4. The Labute approximate surface area is 391 Å². The van der Waals surface area contributed by atoms with Gasteiger partial charge >= 0.3 is 0 Å². The molecular weight excluding hydrogens is 880 g/mol. The number of piperidine rings is 1. The van der Waals surface area contributed by atoms with Crippen LogP contribution < -0.4 is 14.9 Å². The van der Waals surface area contributed by atoms with E-state index in [4.69, 9.17) is 16.3 Å². The zero-order valence-corrected chi connectivity index (χ0v) is 39.3. The molecule has 0 aliphatic carbocycles. The standard InChI is InChI=1S/C50H57ClN6O6S2/c1-35(2)63-43-23-26-54(27-24-43)25-22-41(34-64-44-9-4-3-5-10-44)52-47-20-19-45(31-49(47)57(59)60)65(61,62)53-50(58)38-15-21-48-37(30-38)14-18-42-33-55(28-29-56(42)48)32-39-8-6-7-11-46(39)36-12-16-40(51)17-13-36/h3-13,15-17,19-21,30-31,35,41-43,52H,14,18,22-29,32-34H2,1-2H3,(H,53,58)/t41-,42-/m1/s1. The van der Waals surface area contributed by atoms with Crippen LogP contribution in [0.1, 0.15) is 61.0 Å². The molecule has 5 aromatic carbocycles. The van der Waals surface area contributed by atoms with Crippen LogP contribution in [0.5, 0.6) is 0 Å². The average molecular weight is 938 g/mol. The number of piperazine rings is 1. The molecule has 0 unspecified atom stereocenters. The SMILES string of the molecule is CC(C)OC1CCN(CC[C@H](CSc2ccccc2)Nc2ccc(S(=O)(=O)NC(=O)c3ccc4c(c3)CC[C@@H]3CN(Cc5ccccc5-c5ccc(Cl)cc5)CCN43)cc2[N+](=O)[O-])CC1. The van der Waals surface area contributed by atoms with Crippen molar-refractivity contribution in [3.8, 4) is 11.1 Å². The first kappa shape index (κ1) is 46.6. The monoisotopic (exact) mass is 936 g/mol. The number of ether oxygens (including phenoxy) is 1. The molecule has 0 aromatic heterocycles. The van der Waals surface area contributed by atoms with Crippen molar-refractivity contribution in [2.75, 3.05) is 55.2 Å². The molecule has 3 aliphatic heterocycles. The number of benzene rings is 5. The third-order valence-corrected chi connectivity index (χ3v) is 15.3. The number of thioether (sulfide) groups is 1. The molecule has 2 fully saturated rings. The Morgan fingerprint density at radius 2 is 1.65 bits per heavy atom. The molecule has 2 saturated heterocycles. The van der Waals surface area contributed by atoms with E-state index in [1.165, 1.54) is 23.3 Å². The quantitative estimate of drug-likeness (QED) is 0.0524. The van der Waals surface area contributed by atoms with Gasteiger partial charge in [0.1, 0.15) is 5.69 Å². The van der Waals surface area contributed by atoms with Crippen LogP contribution in [0.3, 0.4) is 0 Å². The molecule has 1 amide bonds. The van der Waals surface area contributed by atoms with E-state index in [0.29, 0.717) is 16.8 Å². The number of hydrogen-bond donors (Lipinski definition) is 2. The summed E-state index contributed by atoms with van der Waals surface area (Å²) in [5.74, 6) is -0.148. The van der Waals surface area contributed by atoms with Gasteiger partial charge in [0.05, 0.1) is 22.0 Å². The maximum atomic E-state index is 13.7. The Morgan fingerprint density at radius 1 is 0.892 bits per heavy atom. The van der Waals surface area contributed by atoms with Crippen LogP contribution in [-0.4, -0.2) is 98.4 Å². The summed E-state index contributed by atoms with van der Waals surface area (Å²) in [5.41, 5.74) is 5.70. The number of nitrogens with zero attached hydrogens (tertiary/aromatic N) is 4. The Hall–Kier alpha value is -4.96. The fraction of sp³-hybridized carbons (Fsp3) is 0.380. The third kappa shape index (κ3) is 11.9. The van der Waals surface area contributed by atoms with E-state index in [2.05, 4.69) is 75.0 Å². The highest BCUT2D eigenvalue weighted by molar-refractivity contribution is 7.99. The van der Waals surface area contributed by atoms with E-state index in [9.17, 15) is 23.3 Å². The van der Waals surface area contributed by atoms with E-state index in [0.717, 1.165) is 106 Å². The number of anilines is 2. The second kappa shape index (κ2) is 21.1. The number of rotatable bonds is 17. The first-order chi connectivity index (χ1) is 31.4. The lowest BCUT2D eigenvalue weighted by Crippen LogP contribution is -2.54. The largest absolute Gasteiger partial charge is 0.376 e. The highest BCUT2D eigenvalue weighted by Gasteiger charge is 2.33. The van der Waals surface area contributed by atoms with Crippen molar-refractivity contribution >= 4 is 56.4 Å². The molecule has 2 N–H and O–H groups in total. The lowest BCUT2D eigenvalue weighted by molar-refractivity contribution is -0.384. The summed E-state index contributed by atoms with van der Waals surface area (Å²) in [6.45, 7) is 10.2. The van der Waals surface area contributed by atoms with E-state index in [-0.39, 0.29) is 40.1 Å². The van der Waals surface area contributed by atoms with Crippen molar-refractivity contribution in [1.29, 1.82) is 0 Å². The molecule has 65 heavy (non-hydrogen) atoms. The zero-order valence-electron chi connectivity index (χ0n) is 36.9. The van der Waals surface area contributed by atoms with Crippen LogP contribution in [-0.2, 0) is 27.7 Å². The number of nitrogens with one attached hydrogen (secondary N) is 2. The minimum atomic E-state index is -4.46. The molecule has 8 rings (SSSR count). The fourth-order valence-electron chi connectivity index (χ4n) is 9.28. The Balaban J connectivity index is 0.903. The third-order valence-electron chi connectivity index (χ3n) is 12.6. The number of nitro groups is 1. The van der Waals surface area contributed by atoms with Crippen molar-refractivity contribution < 1.29 is 22.9 Å². The molecule has 2 atom stereocenters. The van der Waals surface area contributed by atoms with Gasteiger partial charge in [0.2, 0.25) is 0 Å². The molecule has 342 valence electrons. The van der Waals surface area contributed by atoms with E-state index < -0.39 is 20.9 Å². The second-order valence-corrected chi connectivity index (χ2v) is 20.7. The molecular formula is C50H57ClN6O6S2. The summed E-state index contributed by atoms with van der Waals surface area (Å²) in [5, 5.41) is 16.6. The van der Waals surface area contributed by atoms with Gasteiger partial charge in [-0.2, -0.15) is 0 Å². The normalized spacial score (nSPS) is 17.6. The average Bonchev–Trinajstić information content (AvgIpc) is 3.30. The Kier molecular flexibility index (Phi) is 15.1. The number of nitro benzene ring substituents is 1. The van der Waals surface area contributed by atoms with Crippen LogP contribution in [0, 0.1) is 10.1 Å². The van der Waals surface area contributed by atoms with Crippen LogP contribution in [0.4, 0.5) is 17.1 Å². The van der Waals surface area contributed by atoms with E-state index in [1.54, 1.807) is 23.9 Å². The van der Waals surface area contributed by atoms with Gasteiger partial charge in [0.15, 0.2) is 0 Å². The predicted octanol–water partition coefficient (Wildman–Crippen LogP) is 9.52. The molecule has 0 radical (unpaired) electrons. The zero-order chi connectivity index (χ0) is 45.5. The highest BCUT2D eigenvalue weighted by Crippen LogP contribution is 2.36. The summed E-state index contributed by atoms with van der Waals surface area (Å²) in [4.78, 5) is 33.5. The number of hydrogen-bond acceptors (Lipinski definition) is 11. The molecule has 0 bridgehead atoms. The number of carbonyl (C=O) groups is 1. The van der Waals surface area contributed by atoms with E-state index in [1.807, 2.05) is 48.5 Å². The number of halogens is 1. The van der Waals surface area contributed by atoms with Crippen LogP contribution >= 0.6 is 23.4 Å². The number of likely N-dealkylation sites (tertiary alicyclic amines) is 1. The predicted molar refractivity (Wildman–Crippen MR) is 261 cm³/mol. The van der Waals surface area contributed by atoms with Gasteiger partial charge in [0, 0.05) is 90.9 Å². The van der Waals surface area contributed by atoms with Gasteiger partial charge in [-0.15, -0.1) is 11.8 Å². The number of fused-ring (bicyclic) bond motifs is 3. The lowest BCUT2D eigenvalue weighted by atomic mass is 9.92. The maximum Gasteiger partial charge on any atom is 0.293 e. The molecule has 15 heteroatoms. The Morgan fingerprint density at radius 3 is 2.40 bits per heavy atom. The van der Waals surface area contributed by atoms with Crippen molar-refractivity contribution in [2.24, 2.45) is 0 Å². The van der Waals surface area contributed by atoms with Gasteiger partial charge in [-0.25, -0.2) is 13.1 Å². The van der Waals surface area contributed by atoms with Gasteiger partial charge in [-0.1, -0.05) is 66.2 Å². The van der Waals surface area contributed by atoms with Crippen molar-refractivity contribution in [3.63, 3.8) is 0 Å². The summed E-state index contributed by atoms with van der Waals surface area (Å²) >= 11 is 7.83. The smallest absolute Gasteiger partial charge is 0.293 e. The number of carbonyl (C=O) groups excluding carboxylic acids is 1. The van der Waals surface area contributed by atoms with Crippen LogP contribution in [0.25, 0.3) is 11.1 Å². The second-order valence-electron chi connectivity index (χ2n) is 17.5. The number of amides is 1. The molecule has 3 aliphatic rings. The van der Waals surface area contributed by atoms with E-state index >= 15 is 0 Å². The van der Waals surface area contributed by atoms with Crippen molar-refractivity contribution in [2.45, 2.75) is 86.6 Å². The summed E-state index contributed by atoms with van der Waals surface area (Å²) in [6, 6.07) is 35.7. The minimum Gasteiger partial charge on any atom is -0.376 e. The molecule has 3 heterocycles. The van der Waals surface area contributed by atoms with Gasteiger partial charge in [-0.05, 0) is 123 Å². The minimum absolute atomic E-state index is 0.155. The number of sulfonamides is 1. The summed E-state index contributed by atoms with van der Waals surface area (Å²) < 4.78 is 35.6. The van der Waals surface area contributed by atoms with Crippen molar-refractivity contribution in [3.05, 3.63) is 147 Å². The first-order valence-corrected chi connectivity index (χ1v) is 25.4. The van der Waals surface area contributed by atoms with Crippen LogP contribution in [0.15, 0.2) is 125 Å². The highest BCUT2D eigenvalue weighted by atomic mass is 35.5. The van der Waals surface area contributed by atoms with Gasteiger partial charge in [0.25, 0.3) is 21.6 Å². The Bertz CT molecular complexity index is 2560. The lowest BCUT2D eigenvalue weighted by Gasteiger charge is -2.46. The summed E-state index contributed by atoms with van der Waals surface area (Å²) in [7, 11) is -4.46. The van der Waals surface area contributed by atoms with Crippen LogP contribution in [0.2, 0.25) is 5.02 Å². The van der Waals surface area contributed by atoms with Gasteiger partial charge in [-0.3, -0.25) is 19.8 Å². The maximum absolute atomic E-state index is 13.7. The first-order valence-electron chi connectivity index (χ1n) is 22.5. The molecule has 0 saturated carbocycles.